The highest BCUT2D eigenvalue weighted by molar-refractivity contribution is 5.81. The molecule has 7 heteroatoms. The van der Waals surface area contributed by atoms with Crippen LogP contribution in [0.4, 0.5) is 8.78 Å². The lowest BCUT2D eigenvalue weighted by molar-refractivity contribution is -0.140. The lowest BCUT2D eigenvalue weighted by atomic mass is 9.70. The molecule has 216 valence electrons. The Morgan fingerprint density at radius 3 is 2.30 bits per heavy atom. The Kier molecular flexibility index (Phi) is 7.58. The summed E-state index contributed by atoms with van der Waals surface area (Å²) in [6, 6.07) is 12.4. The van der Waals surface area contributed by atoms with Gasteiger partial charge in [0.15, 0.2) is 0 Å². The van der Waals surface area contributed by atoms with E-state index in [2.05, 4.69) is 63.8 Å². The number of hydrogen-bond donors (Lipinski definition) is 0. The van der Waals surface area contributed by atoms with E-state index in [1.165, 1.54) is 23.3 Å². The Hall–Kier alpha value is -2.80. The maximum absolute atomic E-state index is 15.0. The van der Waals surface area contributed by atoms with Crippen molar-refractivity contribution in [2.24, 2.45) is 5.92 Å². The average molecular weight is 552 g/mol. The molecule has 3 atom stereocenters. The SMILES string of the molecule is CC(=O)N(C(C)C)[C@@H]1Cc2ccccc2C12CCN(C(=O)[C@@H]1CN(C(C)(C)C)CC1c1ccc(F)cc1F)CC2. The fourth-order valence-corrected chi connectivity index (χ4v) is 7.76. The minimum Gasteiger partial charge on any atom is -0.342 e. The Labute approximate surface area is 237 Å². The second kappa shape index (κ2) is 10.6. The van der Waals surface area contributed by atoms with Gasteiger partial charge >= 0.3 is 0 Å². The lowest BCUT2D eigenvalue weighted by Gasteiger charge is -2.48. The fraction of sp³-hybridized carbons (Fsp3) is 0.576. The summed E-state index contributed by atoms with van der Waals surface area (Å²) in [5.74, 6) is -1.79. The second-order valence-corrected chi connectivity index (χ2v) is 13.3. The van der Waals surface area contributed by atoms with Crippen LogP contribution in [0.5, 0.6) is 0 Å². The third kappa shape index (κ3) is 4.95. The van der Waals surface area contributed by atoms with E-state index in [4.69, 9.17) is 0 Å². The Morgan fingerprint density at radius 1 is 1.02 bits per heavy atom. The van der Waals surface area contributed by atoms with Gasteiger partial charge in [-0.05, 0) is 76.6 Å². The largest absolute Gasteiger partial charge is 0.342 e. The summed E-state index contributed by atoms with van der Waals surface area (Å²) >= 11 is 0. The average Bonchev–Trinajstić information content (AvgIpc) is 3.45. The van der Waals surface area contributed by atoms with E-state index in [-0.39, 0.29) is 40.8 Å². The minimum atomic E-state index is -0.608. The van der Waals surface area contributed by atoms with Crippen LogP contribution in [0.25, 0.3) is 0 Å². The van der Waals surface area contributed by atoms with Crippen LogP contribution >= 0.6 is 0 Å². The van der Waals surface area contributed by atoms with Crippen LogP contribution in [-0.2, 0) is 21.4 Å². The van der Waals surface area contributed by atoms with Gasteiger partial charge in [0.25, 0.3) is 0 Å². The van der Waals surface area contributed by atoms with Gasteiger partial charge < -0.3 is 9.80 Å². The van der Waals surface area contributed by atoms with Gasteiger partial charge in [-0.15, -0.1) is 0 Å². The quantitative estimate of drug-likeness (QED) is 0.503. The third-order valence-electron chi connectivity index (χ3n) is 9.78. The van der Waals surface area contributed by atoms with E-state index in [1.54, 1.807) is 6.92 Å². The van der Waals surface area contributed by atoms with Crippen LogP contribution in [0.15, 0.2) is 42.5 Å². The van der Waals surface area contributed by atoms with Crippen LogP contribution in [0, 0.1) is 17.6 Å². The molecule has 2 amide bonds. The van der Waals surface area contributed by atoms with E-state index < -0.39 is 17.6 Å². The first-order chi connectivity index (χ1) is 18.8. The molecule has 0 radical (unpaired) electrons. The molecule has 40 heavy (non-hydrogen) atoms. The molecule has 1 unspecified atom stereocenters. The fourth-order valence-electron chi connectivity index (χ4n) is 7.76. The van der Waals surface area contributed by atoms with Crippen molar-refractivity contribution in [1.82, 2.24) is 14.7 Å². The van der Waals surface area contributed by atoms with Crippen molar-refractivity contribution in [2.75, 3.05) is 26.2 Å². The van der Waals surface area contributed by atoms with Crippen LogP contribution in [0.3, 0.4) is 0 Å². The Morgan fingerprint density at radius 2 is 1.70 bits per heavy atom. The summed E-state index contributed by atoms with van der Waals surface area (Å²) < 4.78 is 28.7. The monoisotopic (exact) mass is 551 g/mol. The van der Waals surface area contributed by atoms with E-state index in [0.717, 1.165) is 25.3 Å². The molecule has 3 aliphatic rings. The number of hydrogen-bond acceptors (Lipinski definition) is 3. The number of benzene rings is 2. The molecule has 2 fully saturated rings. The summed E-state index contributed by atoms with van der Waals surface area (Å²) in [7, 11) is 0. The smallest absolute Gasteiger partial charge is 0.227 e. The second-order valence-electron chi connectivity index (χ2n) is 13.3. The van der Waals surface area contributed by atoms with Crippen LogP contribution < -0.4 is 0 Å². The molecule has 2 saturated heterocycles. The number of fused-ring (bicyclic) bond motifs is 2. The van der Waals surface area contributed by atoms with Crippen molar-refractivity contribution < 1.29 is 18.4 Å². The summed E-state index contributed by atoms with van der Waals surface area (Å²) in [6.07, 6.45) is 2.39. The standard InChI is InChI=1S/C33H43F2N3O2/c1-21(2)38(22(3)39)30-17-23-9-7-8-10-28(23)33(30)13-15-36(16-14-33)31(40)27-20-37(32(4,5)6)19-26(27)25-12-11-24(34)18-29(25)35/h7-12,18,21,26-27,30H,13-17,19-20H2,1-6H3/t26?,27-,30-/m1/s1. The molecule has 5 rings (SSSR count). The van der Waals surface area contributed by atoms with Gasteiger partial charge in [-0.3, -0.25) is 14.5 Å². The molecular weight excluding hydrogens is 508 g/mol. The maximum Gasteiger partial charge on any atom is 0.227 e. The lowest BCUT2D eigenvalue weighted by Crippen LogP contribution is -2.58. The van der Waals surface area contributed by atoms with Crippen LogP contribution in [-0.4, -0.2) is 70.3 Å². The van der Waals surface area contributed by atoms with Gasteiger partial charge in [0.2, 0.25) is 11.8 Å². The van der Waals surface area contributed by atoms with E-state index in [1.807, 2.05) is 9.80 Å². The number of amides is 2. The number of rotatable bonds is 4. The highest BCUT2D eigenvalue weighted by Crippen LogP contribution is 2.49. The van der Waals surface area contributed by atoms with Gasteiger partial charge in [0.1, 0.15) is 11.6 Å². The predicted molar refractivity (Wildman–Crippen MR) is 153 cm³/mol. The normalized spacial score (nSPS) is 24.5. The van der Waals surface area contributed by atoms with E-state index >= 15 is 0 Å². The summed E-state index contributed by atoms with van der Waals surface area (Å²) in [6.45, 7) is 14.4. The van der Waals surface area contributed by atoms with Crippen molar-refractivity contribution in [3.63, 3.8) is 0 Å². The highest BCUT2D eigenvalue weighted by atomic mass is 19.1. The molecular formula is C33H43F2N3O2. The molecule has 2 aliphatic heterocycles. The van der Waals surface area contributed by atoms with E-state index in [9.17, 15) is 18.4 Å². The number of halogens is 2. The summed E-state index contributed by atoms with van der Waals surface area (Å²) in [5.41, 5.74) is 2.65. The zero-order chi connectivity index (χ0) is 29.0. The van der Waals surface area contributed by atoms with Crippen molar-refractivity contribution in [3.05, 3.63) is 70.8 Å². The molecule has 0 bridgehead atoms. The summed E-state index contributed by atoms with van der Waals surface area (Å²) in [4.78, 5) is 33.2. The molecule has 1 aliphatic carbocycles. The molecule has 5 nitrogen and oxygen atoms in total. The molecule has 2 heterocycles. The number of carbonyl (C=O) groups excluding carboxylic acids is 2. The third-order valence-corrected chi connectivity index (χ3v) is 9.78. The zero-order valence-corrected chi connectivity index (χ0v) is 24.7. The molecule has 0 aromatic heterocycles. The van der Waals surface area contributed by atoms with Crippen molar-refractivity contribution in [1.29, 1.82) is 0 Å². The Balaban J connectivity index is 1.42. The first kappa shape index (κ1) is 28.7. The van der Waals surface area contributed by atoms with Gasteiger partial charge in [-0.1, -0.05) is 30.3 Å². The van der Waals surface area contributed by atoms with Crippen molar-refractivity contribution >= 4 is 11.8 Å². The number of carbonyl (C=O) groups is 2. The van der Waals surface area contributed by atoms with E-state index in [0.29, 0.717) is 31.7 Å². The Bertz CT molecular complexity index is 1280. The number of piperidine rings is 1. The molecule has 1 spiro atoms. The molecule has 0 saturated carbocycles. The van der Waals surface area contributed by atoms with Gasteiger partial charge in [-0.2, -0.15) is 0 Å². The maximum atomic E-state index is 15.0. The van der Waals surface area contributed by atoms with Gasteiger partial charge in [-0.25, -0.2) is 8.78 Å². The summed E-state index contributed by atoms with van der Waals surface area (Å²) in [5, 5.41) is 0. The van der Waals surface area contributed by atoms with Gasteiger partial charge in [0.05, 0.1) is 5.92 Å². The predicted octanol–water partition coefficient (Wildman–Crippen LogP) is 5.52. The molecule has 0 N–H and O–H groups in total. The highest BCUT2D eigenvalue weighted by Gasteiger charge is 2.53. The number of nitrogens with zero attached hydrogens (tertiary/aromatic N) is 3. The topological polar surface area (TPSA) is 43.9 Å². The minimum absolute atomic E-state index is 0.0467. The first-order valence-electron chi connectivity index (χ1n) is 14.7. The van der Waals surface area contributed by atoms with Crippen LogP contribution in [0.2, 0.25) is 0 Å². The van der Waals surface area contributed by atoms with Gasteiger partial charge in [0, 0.05) is 68.1 Å². The van der Waals surface area contributed by atoms with Crippen molar-refractivity contribution in [2.45, 2.75) is 89.8 Å². The zero-order valence-electron chi connectivity index (χ0n) is 24.7. The first-order valence-corrected chi connectivity index (χ1v) is 14.7. The molecule has 2 aromatic rings. The van der Waals surface area contributed by atoms with Crippen molar-refractivity contribution in [3.8, 4) is 0 Å². The molecule has 2 aromatic carbocycles. The van der Waals surface area contributed by atoms with Crippen LogP contribution in [0.1, 0.15) is 77.0 Å². The number of likely N-dealkylation sites (tertiary alicyclic amines) is 2.